The maximum atomic E-state index is 4.45. The Morgan fingerprint density at radius 2 is 2.14 bits per heavy atom. The fourth-order valence-corrected chi connectivity index (χ4v) is 3.11. The highest BCUT2D eigenvalue weighted by Crippen LogP contribution is 2.22. The molecular formula is C15H17N5S. The summed E-state index contributed by atoms with van der Waals surface area (Å²) in [6.45, 7) is 4.88. The van der Waals surface area contributed by atoms with Crippen LogP contribution in [0.3, 0.4) is 0 Å². The van der Waals surface area contributed by atoms with Crippen LogP contribution in [0.5, 0.6) is 0 Å². The van der Waals surface area contributed by atoms with Crippen molar-refractivity contribution in [3.8, 4) is 11.4 Å². The van der Waals surface area contributed by atoms with Gasteiger partial charge in [-0.25, -0.2) is 4.98 Å². The van der Waals surface area contributed by atoms with E-state index >= 15 is 0 Å². The molecule has 0 spiro atoms. The van der Waals surface area contributed by atoms with Gasteiger partial charge in [0.15, 0.2) is 5.82 Å². The van der Waals surface area contributed by atoms with Crippen molar-refractivity contribution in [2.24, 2.45) is 7.05 Å². The van der Waals surface area contributed by atoms with Crippen molar-refractivity contribution in [1.29, 1.82) is 0 Å². The van der Waals surface area contributed by atoms with Crippen LogP contribution in [0.2, 0.25) is 0 Å². The van der Waals surface area contributed by atoms with Crippen molar-refractivity contribution in [1.82, 2.24) is 19.7 Å². The van der Waals surface area contributed by atoms with E-state index in [0.29, 0.717) is 0 Å². The first-order valence-corrected chi connectivity index (χ1v) is 7.56. The minimum absolute atomic E-state index is 0.791. The predicted octanol–water partition coefficient (Wildman–Crippen LogP) is 3.17. The number of nitrogens with zero attached hydrogens (tertiary/aromatic N) is 4. The second-order valence-corrected chi connectivity index (χ2v) is 6.23. The van der Waals surface area contributed by atoms with Crippen LogP contribution < -0.4 is 5.32 Å². The molecule has 0 bridgehead atoms. The van der Waals surface area contributed by atoms with Gasteiger partial charge in [0, 0.05) is 23.2 Å². The average Bonchev–Trinajstić information content (AvgIpc) is 3.02. The molecule has 0 atom stereocenters. The second kappa shape index (κ2) is 5.65. The van der Waals surface area contributed by atoms with E-state index in [1.165, 1.54) is 4.88 Å². The minimum atomic E-state index is 0.791. The van der Waals surface area contributed by atoms with E-state index in [9.17, 15) is 0 Å². The Balaban J connectivity index is 1.78. The zero-order valence-corrected chi connectivity index (χ0v) is 13.1. The van der Waals surface area contributed by atoms with Crippen molar-refractivity contribution in [3.63, 3.8) is 0 Å². The minimum Gasteiger partial charge on any atom is -0.380 e. The molecule has 3 rings (SSSR count). The Hall–Kier alpha value is -2.21. The first kappa shape index (κ1) is 13.8. The summed E-state index contributed by atoms with van der Waals surface area (Å²) in [5, 5.41) is 12.6. The van der Waals surface area contributed by atoms with Crippen molar-refractivity contribution >= 4 is 17.0 Å². The number of anilines is 1. The van der Waals surface area contributed by atoms with Crippen LogP contribution in [0.25, 0.3) is 11.4 Å². The third kappa shape index (κ3) is 2.95. The van der Waals surface area contributed by atoms with E-state index in [-0.39, 0.29) is 0 Å². The maximum Gasteiger partial charge on any atom is 0.163 e. The summed E-state index contributed by atoms with van der Waals surface area (Å²) in [6, 6.07) is 8.21. The lowest BCUT2D eigenvalue weighted by Crippen LogP contribution is -1.99. The lowest BCUT2D eigenvalue weighted by atomic mass is 10.2. The van der Waals surface area contributed by atoms with E-state index in [0.717, 1.165) is 34.3 Å². The van der Waals surface area contributed by atoms with Gasteiger partial charge in [0.1, 0.15) is 6.33 Å². The Kier molecular flexibility index (Phi) is 3.70. The lowest BCUT2D eigenvalue weighted by Gasteiger charge is -2.07. The predicted molar refractivity (Wildman–Crippen MR) is 85.4 cm³/mol. The summed E-state index contributed by atoms with van der Waals surface area (Å²) >= 11 is 1.74. The summed E-state index contributed by atoms with van der Waals surface area (Å²) in [4.78, 5) is 5.72. The highest BCUT2D eigenvalue weighted by molar-refractivity contribution is 7.11. The first-order valence-electron chi connectivity index (χ1n) is 6.74. The molecule has 2 aromatic heterocycles. The molecule has 0 radical (unpaired) electrons. The van der Waals surface area contributed by atoms with Crippen LogP contribution in [0, 0.1) is 13.8 Å². The smallest absolute Gasteiger partial charge is 0.163 e. The molecule has 21 heavy (non-hydrogen) atoms. The normalized spacial score (nSPS) is 10.8. The van der Waals surface area contributed by atoms with Crippen LogP contribution in [0.1, 0.15) is 15.6 Å². The molecule has 0 fully saturated rings. The SMILES string of the molecule is Cc1nc(C)c(CNc2cccc(-c3nncn3C)c2)s1. The molecule has 0 saturated heterocycles. The van der Waals surface area contributed by atoms with Crippen LogP contribution in [-0.4, -0.2) is 19.7 Å². The Morgan fingerprint density at radius 1 is 1.29 bits per heavy atom. The standard InChI is InChI=1S/C15H17N5S/c1-10-14(21-11(2)18-10)8-16-13-6-4-5-12(7-13)15-19-17-9-20(15)3/h4-7,9,16H,8H2,1-3H3. The van der Waals surface area contributed by atoms with Crippen molar-refractivity contribution in [3.05, 3.63) is 46.2 Å². The maximum absolute atomic E-state index is 4.45. The topological polar surface area (TPSA) is 55.6 Å². The molecule has 3 aromatic rings. The summed E-state index contributed by atoms with van der Waals surface area (Å²) in [6.07, 6.45) is 1.71. The van der Waals surface area contributed by atoms with Crippen LogP contribution >= 0.6 is 11.3 Å². The average molecular weight is 299 g/mol. The third-order valence-corrected chi connectivity index (χ3v) is 4.36. The molecule has 0 unspecified atom stereocenters. The molecule has 0 amide bonds. The first-order chi connectivity index (χ1) is 10.1. The number of aryl methyl sites for hydroxylation is 3. The molecule has 0 aliphatic rings. The Morgan fingerprint density at radius 3 is 2.81 bits per heavy atom. The highest BCUT2D eigenvalue weighted by atomic mass is 32.1. The van der Waals surface area contributed by atoms with Gasteiger partial charge < -0.3 is 9.88 Å². The zero-order valence-electron chi connectivity index (χ0n) is 12.3. The van der Waals surface area contributed by atoms with Crippen LogP contribution in [-0.2, 0) is 13.6 Å². The molecule has 0 saturated carbocycles. The molecule has 108 valence electrons. The zero-order chi connectivity index (χ0) is 14.8. The molecule has 2 heterocycles. The van der Waals surface area contributed by atoms with Crippen molar-refractivity contribution < 1.29 is 0 Å². The van der Waals surface area contributed by atoms with E-state index in [1.807, 2.05) is 30.7 Å². The lowest BCUT2D eigenvalue weighted by molar-refractivity contribution is 0.920. The largest absolute Gasteiger partial charge is 0.380 e. The molecule has 1 aromatic carbocycles. The van der Waals surface area contributed by atoms with Gasteiger partial charge in [-0.05, 0) is 26.0 Å². The summed E-state index contributed by atoms with van der Waals surface area (Å²) < 4.78 is 1.91. The van der Waals surface area contributed by atoms with E-state index in [4.69, 9.17) is 0 Å². The number of hydrogen-bond acceptors (Lipinski definition) is 5. The number of benzene rings is 1. The van der Waals surface area contributed by atoms with Gasteiger partial charge in [-0.2, -0.15) is 0 Å². The van der Waals surface area contributed by atoms with Crippen LogP contribution in [0.4, 0.5) is 5.69 Å². The molecule has 0 aliphatic heterocycles. The van der Waals surface area contributed by atoms with Gasteiger partial charge in [-0.1, -0.05) is 12.1 Å². The monoisotopic (exact) mass is 299 g/mol. The van der Waals surface area contributed by atoms with Gasteiger partial charge in [0.2, 0.25) is 0 Å². The fourth-order valence-electron chi connectivity index (χ4n) is 2.23. The van der Waals surface area contributed by atoms with Crippen LogP contribution in [0.15, 0.2) is 30.6 Å². The van der Waals surface area contributed by atoms with E-state index in [1.54, 1.807) is 17.7 Å². The fraction of sp³-hybridized carbons (Fsp3) is 0.267. The second-order valence-electron chi connectivity index (χ2n) is 4.94. The summed E-state index contributed by atoms with van der Waals surface area (Å²) in [7, 11) is 1.94. The number of rotatable bonds is 4. The molecular weight excluding hydrogens is 282 g/mol. The van der Waals surface area contributed by atoms with Gasteiger partial charge in [-0.15, -0.1) is 21.5 Å². The number of aromatic nitrogens is 4. The molecule has 5 nitrogen and oxygen atoms in total. The summed E-state index contributed by atoms with van der Waals surface area (Å²) in [5.74, 6) is 0.864. The number of hydrogen-bond donors (Lipinski definition) is 1. The summed E-state index contributed by atoms with van der Waals surface area (Å²) in [5.41, 5.74) is 3.23. The van der Waals surface area contributed by atoms with E-state index in [2.05, 4.69) is 39.6 Å². The Labute approximate surface area is 127 Å². The molecule has 0 aliphatic carbocycles. The molecule has 1 N–H and O–H groups in total. The van der Waals surface area contributed by atoms with Crippen molar-refractivity contribution in [2.45, 2.75) is 20.4 Å². The van der Waals surface area contributed by atoms with Crippen molar-refractivity contribution in [2.75, 3.05) is 5.32 Å². The number of thiazole rings is 1. The molecule has 6 heteroatoms. The third-order valence-electron chi connectivity index (χ3n) is 3.28. The van der Waals surface area contributed by atoms with E-state index < -0.39 is 0 Å². The Bertz CT molecular complexity index is 759. The van der Waals surface area contributed by atoms with Gasteiger partial charge in [0.25, 0.3) is 0 Å². The van der Waals surface area contributed by atoms with Gasteiger partial charge in [-0.3, -0.25) is 0 Å². The quantitative estimate of drug-likeness (QED) is 0.804. The highest BCUT2D eigenvalue weighted by Gasteiger charge is 2.07. The number of nitrogens with one attached hydrogen (secondary N) is 1. The van der Waals surface area contributed by atoms with Gasteiger partial charge in [0.05, 0.1) is 17.2 Å². The van der Waals surface area contributed by atoms with Gasteiger partial charge >= 0.3 is 0 Å².